The molecule has 144 valence electrons. The second-order valence-corrected chi connectivity index (χ2v) is 7.86. The minimum atomic E-state index is -0.452. The van der Waals surface area contributed by atoms with Crippen molar-refractivity contribution in [2.24, 2.45) is 5.92 Å². The van der Waals surface area contributed by atoms with Crippen LogP contribution in [0.4, 0.5) is 0 Å². The van der Waals surface area contributed by atoms with E-state index in [2.05, 4.69) is 13.8 Å². The molecule has 5 atom stereocenters. The Morgan fingerprint density at radius 1 is 0.708 bits per heavy atom. The van der Waals surface area contributed by atoms with Crippen molar-refractivity contribution >= 4 is 0 Å². The average Bonchev–Trinajstić information content (AvgIpc) is 2.42. The minimum Gasteiger partial charge on any atom is -0.370 e. The summed E-state index contributed by atoms with van der Waals surface area (Å²) in [4.78, 5) is 0. The van der Waals surface area contributed by atoms with E-state index in [0.717, 1.165) is 6.42 Å². The van der Waals surface area contributed by atoms with E-state index in [9.17, 15) is 0 Å². The summed E-state index contributed by atoms with van der Waals surface area (Å²) in [6.07, 6.45) is -0.140. The Bertz CT molecular complexity index is 343. The van der Waals surface area contributed by atoms with Gasteiger partial charge in [-0.05, 0) is 53.9 Å². The van der Waals surface area contributed by atoms with E-state index in [0.29, 0.717) is 5.92 Å². The van der Waals surface area contributed by atoms with Crippen LogP contribution in [0.5, 0.6) is 0 Å². The van der Waals surface area contributed by atoms with Crippen molar-refractivity contribution in [2.45, 2.75) is 111 Å². The van der Waals surface area contributed by atoms with E-state index >= 15 is 0 Å². The van der Waals surface area contributed by atoms with Gasteiger partial charge in [0.2, 0.25) is 0 Å². The van der Waals surface area contributed by atoms with Gasteiger partial charge in [0.1, 0.15) is 18.3 Å². The highest BCUT2D eigenvalue weighted by Gasteiger charge is 2.49. The molecule has 24 heavy (non-hydrogen) atoms. The van der Waals surface area contributed by atoms with Crippen LogP contribution in [0.2, 0.25) is 0 Å². The first-order valence-electron chi connectivity index (χ1n) is 9.30. The largest absolute Gasteiger partial charge is 0.370 e. The number of hydrogen-bond acceptors (Lipinski definition) is 5. The molecular weight excluding hydrogens is 308 g/mol. The molecule has 0 spiro atoms. The van der Waals surface area contributed by atoms with Gasteiger partial charge in [-0.1, -0.05) is 13.8 Å². The molecule has 0 N–H and O–H groups in total. The van der Waals surface area contributed by atoms with E-state index in [1.807, 2.05) is 41.5 Å². The quantitative estimate of drug-likeness (QED) is 0.636. The maximum absolute atomic E-state index is 6.25. The standard InChI is InChI=1S/C19H38O5/c1-11(2)10-15-16(21-12(3)4)17(22-13(5)6)18(23-14(7)8)19(20-9)24-15/h11-19H,10H2,1-9H3. The Morgan fingerprint density at radius 2 is 1.17 bits per heavy atom. The van der Waals surface area contributed by atoms with Crippen molar-refractivity contribution in [2.75, 3.05) is 7.11 Å². The summed E-state index contributed by atoms with van der Waals surface area (Å²) in [5.74, 6) is 0.494. The monoisotopic (exact) mass is 346 g/mol. The zero-order valence-electron chi connectivity index (χ0n) is 16.9. The van der Waals surface area contributed by atoms with Crippen molar-refractivity contribution in [3.05, 3.63) is 0 Å². The van der Waals surface area contributed by atoms with Crippen LogP contribution in [-0.4, -0.2) is 56.1 Å². The van der Waals surface area contributed by atoms with Crippen molar-refractivity contribution in [3.8, 4) is 0 Å². The van der Waals surface area contributed by atoms with E-state index in [1.54, 1.807) is 7.11 Å². The lowest BCUT2D eigenvalue weighted by molar-refractivity contribution is -0.326. The first-order chi connectivity index (χ1) is 11.1. The van der Waals surface area contributed by atoms with Crippen LogP contribution in [-0.2, 0) is 23.7 Å². The zero-order valence-corrected chi connectivity index (χ0v) is 16.9. The lowest BCUT2D eigenvalue weighted by atomic mass is 9.92. The summed E-state index contributed by atoms with van der Waals surface area (Å²) < 4.78 is 30.4. The molecule has 0 amide bonds. The highest BCUT2D eigenvalue weighted by atomic mass is 16.7. The highest BCUT2D eigenvalue weighted by molar-refractivity contribution is 4.94. The molecule has 0 saturated carbocycles. The van der Waals surface area contributed by atoms with E-state index in [4.69, 9.17) is 23.7 Å². The predicted molar refractivity (Wildman–Crippen MR) is 95.2 cm³/mol. The van der Waals surface area contributed by atoms with Gasteiger partial charge in [0.05, 0.1) is 24.4 Å². The molecule has 5 nitrogen and oxygen atoms in total. The van der Waals surface area contributed by atoms with E-state index in [-0.39, 0.29) is 42.7 Å². The second-order valence-electron chi connectivity index (χ2n) is 7.86. The normalized spacial score (nSPS) is 31.6. The first-order valence-corrected chi connectivity index (χ1v) is 9.30. The van der Waals surface area contributed by atoms with Crippen molar-refractivity contribution in [1.29, 1.82) is 0 Å². The van der Waals surface area contributed by atoms with Crippen molar-refractivity contribution in [3.63, 3.8) is 0 Å². The van der Waals surface area contributed by atoms with E-state index in [1.165, 1.54) is 0 Å². The van der Waals surface area contributed by atoms with Gasteiger partial charge in [-0.15, -0.1) is 0 Å². The molecule has 1 saturated heterocycles. The third kappa shape index (κ3) is 6.60. The molecule has 1 rings (SSSR count). The fourth-order valence-corrected chi connectivity index (χ4v) is 3.13. The summed E-state index contributed by atoms with van der Waals surface area (Å²) in [6.45, 7) is 16.6. The predicted octanol–water partition coefficient (Wildman–Crippen LogP) is 3.78. The fourth-order valence-electron chi connectivity index (χ4n) is 3.13. The van der Waals surface area contributed by atoms with Crippen LogP contribution < -0.4 is 0 Å². The van der Waals surface area contributed by atoms with Crippen LogP contribution >= 0.6 is 0 Å². The molecular formula is C19H38O5. The van der Waals surface area contributed by atoms with Gasteiger partial charge >= 0.3 is 0 Å². The van der Waals surface area contributed by atoms with Gasteiger partial charge in [-0.3, -0.25) is 0 Å². The minimum absolute atomic E-state index is 0.0517. The summed E-state index contributed by atoms with van der Waals surface area (Å²) >= 11 is 0. The summed E-state index contributed by atoms with van der Waals surface area (Å²) in [7, 11) is 1.66. The molecule has 5 unspecified atom stereocenters. The molecule has 0 bridgehead atoms. The van der Waals surface area contributed by atoms with Gasteiger partial charge in [0.25, 0.3) is 0 Å². The molecule has 1 heterocycles. The zero-order chi connectivity index (χ0) is 18.4. The summed E-state index contributed by atoms with van der Waals surface area (Å²) in [5, 5.41) is 0. The second kappa shape index (κ2) is 10.1. The molecule has 0 aliphatic carbocycles. The van der Waals surface area contributed by atoms with Crippen LogP contribution in [0.15, 0.2) is 0 Å². The van der Waals surface area contributed by atoms with Gasteiger partial charge in [0.15, 0.2) is 6.29 Å². The molecule has 0 aromatic heterocycles. The van der Waals surface area contributed by atoms with Crippen LogP contribution in [0.3, 0.4) is 0 Å². The van der Waals surface area contributed by atoms with Crippen LogP contribution in [0.25, 0.3) is 0 Å². The number of rotatable bonds is 9. The summed E-state index contributed by atoms with van der Waals surface area (Å²) in [5.41, 5.74) is 0. The fraction of sp³-hybridized carbons (Fsp3) is 1.00. The highest BCUT2D eigenvalue weighted by Crippen LogP contribution is 2.33. The van der Waals surface area contributed by atoms with Gasteiger partial charge in [-0.2, -0.15) is 0 Å². The summed E-state index contributed by atoms with van der Waals surface area (Å²) in [6, 6.07) is 0. The topological polar surface area (TPSA) is 46.2 Å². The number of methoxy groups -OCH3 is 1. The maximum atomic E-state index is 6.25. The Balaban J connectivity index is 3.13. The molecule has 1 fully saturated rings. The Labute approximate surface area is 148 Å². The smallest absolute Gasteiger partial charge is 0.186 e. The van der Waals surface area contributed by atoms with Gasteiger partial charge in [0, 0.05) is 7.11 Å². The first kappa shape index (κ1) is 21.8. The molecule has 1 aliphatic heterocycles. The molecule has 1 aliphatic rings. The Hall–Kier alpha value is -0.200. The average molecular weight is 347 g/mol. The third-order valence-corrected chi connectivity index (χ3v) is 3.82. The molecule has 0 radical (unpaired) electrons. The third-order valence-electron chi connectivity index (χ3n) is 3.82. The molecule has 0 aromatic rings. The van der Waals surface area contributed by atoms with Crippen molar-refractivity contribution < 1.29 is 23.7 Å². The maximum Gasteiger partial charge on any atom is 0.186 e. The number of hydrogen-bond donors (Lipinski definition) is 0. The molecule has 0 aromatic carbocycles. The lowest BCUT2D eigenvalue weighted by Gasteiger charge is -2.47. The van der Waals surface area contributed by atoms with Crippen LogP contribution in [0.1, 0.15) is 61.8 Å². The lowest BCUT2D eigenvalue weighted by Crippen LogP contribution is -2.62. The van der Waals surface area contributed by atoms with Gasteiger partial charge < -0.3 is 23.7 Å². The van der Waals surface area contributed by atoms with Crippen molar-refractivity contribution in [1.82, 2.24) is 0 Å². The van der Waals surface area contributed by atoms with Gasteiger partial charge in [-0.25, -0.2) is 0 Å². The van der Waals surface area contributed by atoms with E-state index < -0.39 is 6.29 Å². The Morgan fingerprint density at radius 3 is 1.58 bits per heavy atom. The molecule has 5 heteroatoms. The van der Waals surface area contributed by atoms with Crippen LogP contribution in [0, 0.1) is 5.92 Å². The number of ether oxygens (including phenoxy) is 5. The Kier molecular flexibility index (Phi) is 9.17. The SMILES string of the molecule is COC1OC(CC(C)C)C(OC(C)C)C(OC(C)C)C1OC(C)C.